The normalized spacial score (nSPS) is 15.0. The molecule has 0 aliphatic carbocycles. The van der Waals surface area contributed by atoms with Gasteiger partial charge in [-0.05, 0) is 62.3 Å². The maximum atomic E-state index is 13.2. The lowest BCUT2D eigenvalue weighted by Gasteiger charge is -2.26. The van der Waals surface area contributed by atoms with E-state index in [2.05, 4.69) is 4.90 Å². The number of nitrogens with zero attached hydrogens (tertiary/aromatic N) is 3. The van der Waals surface area contributed by atoms with Crippen LogP contribution in [0.15, 0.2) is 58.5 Å². The van der Waals surface area contributed by atoms with E-state index in [-0.39, 0.29) is 5.56 Å². The topological polar surface area (TPSA) is 47.4 Å². The van der Waals surface area contributed by atoms with Gasteiger partial charge in [0.25, 0.3) is 5.56 Å². The second kappa shape index (κ2) is 8.80. The largest absolute Gasteiger partial charge is 0.497 e. The number of likely N-dealkylation sites (tertiary alicyclic amines) is 1. The Bertz CT molecular complexity index is 995. The highest BCUT2D eigenvalue weighted by Crippen LogP contribution is 2.23. The number of hydrogen-bond donors (Lipinski definition) is 0. The van der Waals surface area contributed by atoms with Gasteiger partial charge in [-0.15, -0.1) is 0 Å². The molecule has 0 N–H and O–H groups in total. The highest BCUT2D eigenvalue weighted by molar-refractivity contribution is 7.99. The molecule has 5 nitrogen and oxygen atoms in total. The van der Waals surface area contributed by atoms with Crippen molar-refractivity contribution in [3.63, 3.8) is 0 Å². The van der Waals surface area contributed by atoms with Gasteiger partial charge in [-0.1, -0.05) is 30.3 Å². The maximum absolute atomic E-state index is 13.2. The van der Waals surface area contributed by atoms with Gasteiger partial charge in [0.2, 0.25) is 0 Å². The zero-order valence-electron chi connectivity index (χ0n) is 16.1. The van der Waals surface area contributed by atoms with E-state index < -0.39 is 0 Å². The molecule has 1 fully saturated rings. The molecule has 1 aromatic heterocycles. The lowest BCUT2D eigenvalue weighted by molar-refractivity contribution is 0.242. The summed E-state index contributed by atoms with van der Waals surface area (Å²) in [4.78, 5) is 20.6. The number of aromatic nitrogens is 2. The Hall–Kier alpha value is -2.31. The molecular weight excluding hydrogens is 370 g/mol. The fourth-order valence-corrected chi connectivity index (χ4v) is 4.63. The summed E-state index contributed by atoms with van der Waals surface area (Å²) >= 11 is 1.65. The fourth-order valence-electron chi connectivity index (χ4n) is 3.62. The van der Waals surface area contributed by atoms with E-state index in [4.69, 9.17) is 9.72 Å². The molecule has 0 amide bonds. The van der Waals surface area contributed by atoms with E-state index in [0.717, 1.165) is 34.4 Å². The summed E-state index contributed by atoms with van der Waals surface area (Å²) in [6.07, 6.45) is 3.91. The lowest BCUT2D eigenvalue weighted by Crippen LogP contribution is -2.31. The van der Waals surface area contributed by atoms with E-state index in [0.29, 0.717) is 5.39 Å². The number of ether oxygens (including phenoxy) is 1. The molecular formula is C22H25N3O2S. The van der Waals surface area contributed by atoms with E-state index in [1.54, 1.807) is 23.4 Å². The van der Waals surface area contributed by atoms with Gasteiger partial charge in [0, 0.05) is 12.3 Å². The molecule has 146 valence electrons. The average molecular weight is 396 g/mol. The molecule has 2 heterocycles. The van der Waals surface area contributed by atoms with Crippen molar-refractivity contribution in [3.05, 3.63) is 58.9 Å². The highest BCUT2D eigenvalue weighted by Gasteiger charge is 2.15. The van der Waals surface area contributed by atoms with Crippen LogP contribution in [0.1, 0.15) is 19.3 Å². The van der Waals surface area contributed by atoms with E-state index in [1.165, 1.54) is 32.4 Å². The van der Waals surface area contributed by atoms with Gasteiger partial charge in [-0.25, -0.2) is 4.98 Å². The first-order valence-electron chi connectivity index (χ1n) is 9.77. The van der Waals surface area contributed by atoms with Gasteiger partial charge in [0.1, 0.15) is 5.75 Å². The van der Waals surface area contributed by atoms with Crippen molar-refractivity contribution in [1.82, 2.24) is 14.5 Å². The van der Waals surface area contributed by atoms with Gasteiger partial charge in [0.15, 0.2) is 5.16 Å². The van der Waals surface area contributed by atoms with Crippen molar-refractivity contribution < 1.29 is 4.74 Å². The number of thioether (sulfide) groups is 1. The van der Waals surface area contributed by atoms with E-state index in [1.807, 2.05) is 48.5 Å². The first kappa shape index (κ1) is 19.0. The average Bonchev–Trinajstić information content (AvgIpc) is 2.75. The summed E-state index contributed by atoms with van der Waals surface area (Å²) in [7, 11) is 1.64. The zero-order valence-corrected chi connectivity index (χ0v) is 17.0. The molecule has 1 aliphatic heterocycles. The first-order valence-corrected chi connectivity index (χ1v) is 10.8. The van der Waals surface area contributed by atoms with Crippen LogP contribution in [0.5, 0.6) is 5.75 Å². The van der Waals surface area contributed by atoms with Crippen molar-refractivity contribution in [3.8, 4) is 11.4 Å². The second-order valence-corrected chi connectivity index (χ2v) is 8.06. The number of rotatable bonds is 6. The lowest BCUT2D eigenvalue weighted by atomic mass is 10.1. The third kappa shape index (κ3) is 4.08. The number of fused-ring (bicyclic) bond motifs is 1. The Balaban J connectivity index is 1.67. The van der Waals surface area contributed by atoms with Crippen LogP contribution in [0.2, 0.25) is 0 Å². The van der Waals surface area contributed by atoms with Crippen LogP contribution in [0, 0.1) is 0 Å². The Morgan fingerprint density at radius 3 is 2.54 bits per heavy atom. The summed E-state index contributed by atoms with van der Waals surface area (Å²) in [5.74, 6) is 1.69. The van der Waals surface area contributed by atoms with E-state index in [9.17, 15) is 4.79 Å². The second-order valence-electron chi connectivity index (χ2n) is 7.00. The van der Waals surface area contributed by atoms with Crippen LogP contribution in [-0.4, -0.2) is 46.9 Å². The minimum atomic E-state index is -0.0313. The van der Waals surface area contributed by atoms with Gasteiger partial charge < -0.3 is 9.64 Å². The minimum Gasteiger partial charge on any atom is -0.497 e. The molecule has 2 aromatic carbocycles. The van der Waals surface area contributed by atoms with Crippen molar-refractivity contribution >= 4 is 22.7 Å². The molecule has 0 spiro atoms. The molecule has 28 heavy (non-hydrogen) atoms. The summed E-state index contributed by atoms with van der Waals surface area (Å²) in [6.45, 7) is 3.38. The number of piperidine rings is 1. The zero-order chi connectivity index (χ0) is 19.3. The van der Waals surface area contributed by atoms with Gasteiger partial charge in [0.05, 0.1) is 23.7 Å². The molecule has 0 unspecified atom stereocenters. The SMILES string of the molecule is COc1ccc(-n2c(SCCN3CCCCC3)nc3ccccc3c2=O)cc1. The summed E-state index contributed by atoms with van der Waals surface area (Å²) < 4.78 is 6.98. The summed E-state index contributed by atoms with van der Waals surface area (Å²) in [5, 5.41) is 1.38. The predicted octanol–water partition coefficient (Wildman–Crippen LogP) is 3.97. The van der Waals surface area contributed by atoms with Gasteiger partial charge in [-0.2, -0.15) is 0 Å². The van der Waals surface area contributed by atoms with Crippen molar-refractivity contribution in [1.29, 1.82) is 0 Å². The summed E-state index contributed by atoms with van der Waals surface area (Å²) in [5.41, 5.74) is 1.53. The summed E-state index contributed by atoms with van der Waals surface area (Å²) in [6, 6.07) is 15.1. The molecule has 6 heteroatoms. The highest BCUT2D eigenvalue weighted by atomic mass is 32.2. The van der Waals surface area contributed by atoms with Crippen LogP contribution in [-0.2, 0) is 0 Å². The first-order chi connectivity index (χ1) is 13.8. The Morgan fingerprint density at radius 2 is 1.79 bits per heavy atom. The van der Waals surface area contributed by atoms with Crippen LogP contribution >= 0.6 is 11.8 Å². The predicted molar refractivity (Wildman–Crippen MR) is 115 cm³/mol. The maximum Gasteiger partial charge on any atom is 0.266 e. The smallest absolute Gasteiger partial charge is 0.266 e. The van der Waals surface area contributed by atoms with Gasteiger partial charge in [-0.3, -0.25) is 9.36 Å². The molecule has 3 aromatic rings. The third-order valence-corrected chi connectivity index (χ3v) is 6.08. The van der Waals surface area contributed by atoms with Crippen LogP contribution in [0.4, 0.5) is 0 Å². The number of benzene rings is 2. The van der Waals surface area contributed by atoms with E-state index >= 15 is 0 Å². The van der Waals surface area contributed by atoms with Crippen LogP contribution < -0.4 is 10.3 Å². The third-order valence-electron chi connectivity index (χ3n) is 5.16. The standard InChI is InChI=1S/C22H25N3O2S/c1-27-18-11-9-17(10-12-18)25-21(26)19-7-3-4-8-20(19)23-22(25)28-16-15-24-13-5-2-6-14-24/h3-4,7-12H,2,5-6,13-16H2,1H3. The molecule has 0 radical (unpaired) electrons. The molecule has 0 bridgehead atoms. The van der Waals surface area contributed by atoms with Crippen molar-refractivity contribution in [2.24, 2.45) is 0 Å². The van der Waals surface area contributed by atoms with Crippen molar-refractivity contribution in [2.75, 3.05) is 32.5 Å². The monoisotopic (exact) mass is 395 g/mol. The quantitative estimate of drug-likeness (QED) is 0.467. The molecule has 1 aliphatic rings. The Kier molecular flexibility index (Phi) is 5.98. The van der Waals surface area contributed by atoms with Crippen LogP contribution in [0.25, 0.3) is 16.6 Å². The minimum absolute atomic E-state index is 0.0313. The Labute approximate surface area is 169 Å². The van der Waals surface area contributed by atoms with Crippen molar-refractivity contribution in [2.45, 2.75) is 24.4 Å². The van der Waals surface area contributed by atoms with Crippen LogP contribution in [0.3, 0.4) is 0 Å². The number of methoxy groups -OCH3 is 1. The molecule has 4 rings (SSSR count). The fraction of sp³-hybridized carbons (Fsp3) is 0.364. The number of hydrogen-bond acceptors (Lipinski definition) is 5. The number of para-hydroxylation sites is 1. The Morgan fingerprint density at radius 1 is 1.04 bits per heavy atom. The van der Waals surface area contributed by atoms with Gasteiger partial charge >= 0.3 is 0 Å². The molecule has 1 saturated heterocycles. The molecule has 0 saturated carbocycles. The molecule has 0 atom stereocenters.